The monoisotopic (exact) mass is 299 g/mol. The lowest BCUT2D eigenvalue weighted by atomic mass is 10.1. The maximum atomic E-state index is 11.9. The molecule has 114 valence electrons. The SMILES string of the molecule is O=C(O)COc1cccc(NC(=O)CCc2ccccc2)c1. The molecule has 0 aliphatic carbocycles. The molecule has 0 heterocycles. The van der Waals surface area contributed by atoms with Crippen molar-refractivity contribution in [2.75, 3.05) is 11.9 Å². The van der Waals surface area contributed by atoms with Gasteiger partial charge in [0.15, 0.2) is 6.61 Å². The molecule has 0 saturated heterocycles. The zero-order valence-electron chi connectivity index (χ0n) is 12.0. The molecule has 0 aliphatic rings. The fourth-order valence-electron chi connectivity index (χ4n) is 1.93. The van der Waals surface area contributed by atoms with Crippen molar-refractivity contribution in [2.24, 2.45) is 0 Å². The number of carboxylic acids is 1. The van der Waals surface area contributed by atoms with Crippen LogP contribution >= 0.6 is 0 Å². The van der Waals surface area contributed by atoms with Crippen molar-refractivity contribution in [1.82, 2.24) is 0 Å². The Kier molecular flexibility index (Phi) is 5.54. The van der Waals surface area contributed by atoms with Crippen molar-refractivity contribution in [1.29, 1.82) is 0 Å². The molecule has 22 heavy (non-hydrogen) atoms. The summed E-state index contributed by atoms with van der Waals surface area (Å²) in [4.78, 5) is 22.4. The van der Waals surface area contributed by atoms with Crippen LogP contribution in [0.2, 0.25) is 0 Å². The van der Waals surface area contributed by atoms with E-state index >= 15 is 0 Å². The highest BCUT2D eigenvalue weighted by Crippen LogP contribution is 2.17. The van der Waals surface area contributed by atoms with Crippen LogP contribution in [-0.2, 0) is 16.0 Å². The van der Waals surface area contributed by atoms with Gasteiger partial charge in [0, 0.05) is 18.2 Å². The van der Waals surface area contributed by atoms with Crippen molar-refractivity contribution in [3.63, 3.8) is 0 Å². The Labute approximate surface area is 128 Å². The Bertz CT molecular complexity index is 640. The third-order valence-corrected chi connectivity index (χ3v) is 2.96. The van der Waals surface area contributed by atoms with Crippen molar-refractivity contribution >= 4 is 17.6 Å². The molecule has 0 aliphatic heterocycles. The molecule has 2 aromatic carbocycles. The first-order chi connectivity index (χ1) is 10.6. The van der Waals surface area contributed by atoms with Gasteiger partial charge in [0.2, 0.25) is 5.91 Å². The molecule has 5 heteroatoms. The smallest absolute Gasteiger partial charge is 0.341 e. The normalized spacial score (nSPS) is 10.0. The number of nitrogens with one attached hydrogen (secondary N) is 1. The van der Waals surface area contributed by atoms with Crippen LogP contribution in [0.25, 0.3) is 0 Å². The van der Waals surface area contributed by atoms with E-state index in [1.165, 1.54) is 0 Å². The number of hydrogen-bond donors (Lipinski definition) is 2. The lowest BCUT2D eigenvalue weighted by Gasteiger charge is -2.08. The van der Waals surface area contributed by atoms with Crippen LogP contribution in [0.15, 0.2) is 54.6 Å². The number of amides is 1. The Morgan fingerprint density at radius 3 is 2.55 bits per heavy atom. The van der Waals surface area contributed by atoms with Crippen molar-refractivity contribution in [2.45, 2.75) is 12.8 Å². The highest BCUT2D eigenvalue weighted by molar-refractivity contribution is 5.91. The summed E-state index contributed by atoms with van der Waals surface area (Å²) in [6.07, 6.45) is 1.05. The first kappa shape index (κ1) is 15.6. The van der Waals surface area contributed by atoms with Gasteiger partial charge in [-0.3, -0.25) is 4.79 Å². The van der Waals surface area contributed by atoms with E-state index in [4.69, 9.17) is 9.84 Å². The molecule has 2 aromatic rings. The fraction of sp³-hybridized carbons (Fsp3) is 0.176. The zero-order chi connectivity index (χ0) is 15.8. The maximum Gasteiger partial charge on any atom is 0.341 e. The second kappa shape index (κ2) is 7.83. The van der Waals surface area contributed by atoms with Gasteiger partial charge in [-0.15, -0.1) is 0 Å². The molecule has 5 nitrogen and oxygen atoms in total. The minimum Gasteiger partial charge on any atom is -0.482 e. The van der Waals surface area contributed by atoms with Crippen LogP contribution < -0.4 is 10.1 Å². The van der Waals surface area contributed by atoms with Gasteiger partial charge in [-0.25, -0.2) is 4.79 Å². The largest absolute Gasteiger partial charge is 0.482 e. The van der Waals surface area contributed by atoms with Crippen LogP contribution in [0.3, 0.4) is 0 Å². The summed E-state index contributed by atoms with van der Waals surface area (Å²) in [6.45, 7) is -0.411. The van der Waals surface area contributed by atoms with Gasteiger partial charge >= 0.3 is 5.97 Å². The summed E-state index contributed by atoms with van der Waals surface area (Å²) in [5.41, 5.74) is 1.69. The van der Waals surface area contributed by atoms with E-state index in [1.54, 1.807) is 24.3 Å². The van der Waals surface area contributed by atoms with E-state index in [2.05, 4.69) is 5.32 Å². The van der Waals surface area contributed by atoms with Crippen molar-refractivity contribution in [3.05, 3.63) is 60.2 Å². The maximum absolute atomic E-state index is 11.9. The molecular formula is C17H17NO4. The number of hydrogen-bond acceptors (Lipinski definition) is 3. The molecule has 0 unspecified atom stereocenters. The number of ether oxygens (including phenoxy) is 1. The summed E-state index contributed by atoms with van der Waals surface area (Å²) in [7, 11) is 0. The predicted octanol–water partition coefficient (Wildman–Crippen LogP) is 2.72. The van der Waals surface area contributed by atoms with Gasteiger partial charge in [0.1, 0.15) is 5.75 Å². The topological polar surface area (TPSA) is 75.6 Å². The van der Waals surface area contributed by atoms with Crippen LogP contribution in [-0.4, -0.2) is 23.6 Å². The minimum absolute atomic E-state index is 0.0979. The average Bonchev–Trinajstić information content (AvgIpc) is 2.52. The fourth-order valence-corrected chi connectivity index (χ4v) is 1.93. The lowest BCUT2D eigenvalue weighted by Crippen LogP contribution is -2.13. The molecule has 1 amide bonds. The Balaban J connectivity index is 1.85. The molecule has 0 bridgehead atoms. The molecular weight excluding hydrogens is 282 g/mol. The molecule has 0 saturated carbocycles. The minimum atomic E-state index is -1.04. The quantitative estimate of drug-likeness (QED) is 0.824. The van der Waals surface area contributed by atoms with E-state index in [0.717, 1.165) is 5.56 Å². The van der Waals surface area contributed by atoms with Gasteiger partial charge in [-0.1, -0.05) is 36.4 Å². The Morgan fingerprint density at radius 2 is 1.82 bits per heavy atom. The summed E-state index contributed by atoms with van der Waals surface area (Å²) in [5, 5.41) is 11.3. The molecule has 0 radical (unpaired) electrons. The van der Waals surface area contributed by atoms with Crippen LogP contribution in [0.4, 0.5) is 5.69 Å². The summed E-state index contributed by atoms with van der Waals surface area (Å²) in [5.74, 6) is -0.736. The summed E-state index contributed by atoms with van der Waals surface area (Å²) >= 11 is 0. The van der Waals surface area contributed by atoms with Gasteiger partial charge in [-0.2, -0.15) is 0 Å². The van der Waals surface area contributed by atoms with Gasteiger partial charge in [0.25, 0.3) is 0 Å². The number of benzene rings is 2. The first-order valence-corrected chi connectivity index (χ1v) is 6.92. The second-order valence-electron chi connectivity index (χ2n) is 4.74. The summed E-state index contributed by atoms with van der Waals surface area (Å²) in [6, 6.07) is 16.4. The molecule has 2 rings (SSSR count). The average molecular weight is 299 g/mol. The number of aliphatic carboxylic acids is 1. The van der Waals surface area contributed by atoms with Crippen LogP contribution in [0.5, 0.6) is 5.75 Å². The number of rotatable bonds is 7. The van der Waals surface area contributed by atoms with Crippen LogP contribution in [0.1, 0.15) is 12.0 Å². The van der Waals surface area contributed by atoms with E-state index in [0.29, 0.717) is 24.3 Å². The van der Waals surface area contributed by atoms with Crippen molar-refractivity contribution in [3.8, 4) is 5.75 Å². The third-order valence-electron chi connectivity index (χ3n) is 2.96. The lowest BCUT2D eigenvalue weighted by molar-refractivity contribution is -0.139. The van der Waals surface area contributed by atoms with Gasteiger partial charge < -0.3 is 15.2 Å². The zero-order valence-corrected chi connectivity index (χ0v) is 12.0. The molecule has 0 fully saturated rings. The van der Waals surface area contributed by atoms with E-state index < -0.39 is 12.6 Å². The Morgan fingerprint density at radius 1 is 1.05 bits per heavy atom. The van der Waals surface area contributed by atoms with E-state index in [1.807, 2.05) is 30.3 Å². The standard InChI is InChI=1S/C17H17NO4/c19-16(10-9-13-5-2-1-3-6-13)18-14-7-4-8-15(11-14)22-12-17(20)21/h1-8,11H,9-10,12H2,(H,18,19)(H,20,21). The number of carbonyl (C=O) groups is 2. The highest BCUT2D eigenvalue weighted by Gasteiger charge is 2.05. The first-order valence-electron chi connectivity index (χ1n) is 6.92. The van der Waals surface area contributed by atoms with E-state index in [-0.39, 0.29) is 5.91 Å². The third kappa shape index (κ3) is 5.28. The predicted molar refractivity (Wildman–Crippen MR) is 83.0 cm³/mol. The van der Waals surface area contributed by atoms with Crippen LogP contribution in [0, 0.1) is 0 Å². The molecule has 2 N–H and O–H groups in total. The number of carbonyl (C=O) groups excluding carboxylic acids is 1. The number of anilines is 1. The molecule has 0 atom stereocenters. The summed E-state index contributed by atoms with van der Waals surface area (Å²) < 4.78 is 5.07. The van der Waals surface area contributed by atoms with Gasteiger partial charge in [0.05, 0.1) is 0 Å². The van der Waals surface area contributed by atoms with Gasteiger partial charge in [-0.05, 0) is 24.1 Å². The number of carboxylic acid groups (broad SMARTS) is 1. The molecule has 0 spiro atoms. The Hall–Kier alpha value is -2.82. The van der Waals surface area contributed by atoms with E-state index in [9.17, 15) is 9.59 Å². The second-order valence-corrected chi connectivity index (χ2v) is 4.74. The highest BCUT2D eigenvalue weighted by atomic mass is 16.5. The number of aryl methyl sites for hydroxylation is 1. The molecule has 0 aromatic heterocycles. The van der Waals surface area contributed by atoms with Crippen molar-refractivity contribution < 1.29 is 19.4 Å².